The second-order valence-electron chi connectivity index (χ2n) is 4.79. The number of imidazole rings is 1. The third-order valence-electron chi connectivity index (χ3n) is 3.11. The van der Waals surface area contributed by atoms with Gasteiger partial charge >= 0.3 is 0 Å². The number of nitrogens with two attached hydrogens (primary N) is 1. The van der Waals surface area contributed by atoms with E-state index in [1.165, 1.54) is 12.1 Å². The summed E-state index contributed by atoms with van der Waals surface area (Å²) >= 11 is 5.00. The van der Waals surface area contributed by atoms with Crippen molar-refractivity contribution >= 4 is 17.2 Å². The molecule has 0 aliphatic heterocycles. The molecule has 2 aromatic rings. The Hall–Kier alpha value is -1.79. The van der Waals surface area contributed by atoms with Crippen LogP contribution in [0.15, 0.2) is 30.6 Å². The van der Waals surface area contributed by atoms with Gasteiger partial charge in [0, 0.05) is 31.5 Å². The molecule has 0 spiro atoms. The number of benzene rings is 1. The van der Waals surface area contributed by atoms with Crippen LogP contribution in [-0.4, -0.2) is 26.5 Å². The van der Waals surface area contributed by atoms with E-state index in [2.05, 4.69) is 4.98 Å². The molecule has 1 aromatic carbocycles. The number of thiocarbonyl (C=S) groups is 1. The summed E-state index contributed by atoms with van der Waals surface area (Å²) in [5, 5.41) is 0. The largest absolute Gasteiger partial charge is 0.389 e. The Labute approximate surface area is 123 Å². The average Bonchev–Trinajstić information content (AvgIpc) is 2.74. The van der Waals surface area contributed by atoms with Gasteiger partial charge in [-0.05, 0) is 30.8 Å². The lowest BCUT2D eigenvalue weighted by Gasteiger charge is -2.18. The second-order valence-corrected chi connectivity index (χ2v) is 5.23. The monoisotopic (exact) mass is 292 g/mol. The molecule has 0 amide bonds. The van der Waals surface area contributed by atoms with E-state index in [1.54, 1.807) is 12.3 Å². The molecule has 2 rings (SSSR count). The van der Waals surface area contributed by atoms with Gasteiger partial charge < -0.3 is 10.3 Å². The molecule has 0 aliphatic rings. The number of aryl methyl sites for hydroxylation is 1. The van der Waals surface area contributed by atoms with Gasteiger partial charge in [-0.15, -0.1) is 0 Å². The van der Waals surface area contributed by atoms with E-state index in [9.17, 15) is 4.39 Å². The highest BCUT2D eigenvalue weighted by Gasteiger charge is 2.11. The molecule has 0 fully saturated rings. The Morgan fingerprint density at radius 2 is 2.20 bits per heavy atom. The van der Waals surface area contributed by atoms with Crippen LogP contribution in [0.3, 0.4) is 0 Å². The van der Waals surface area contributed by atoms with Crippen molar-refractivity contribution in [2.24, 2.45) is 12.8 Å². The first kappa shape index (κ1) is 14.6. The maximum Gasteiger partial charge on any atom is 0.123 e. The van der Waals surface area contributed by atoms with Crippen LogP contribution in [-0.2, 0) is 20.1 Å². The fraction of sp³-hybridized carbons (Fsp3) is 0.286. The van der Waals surface area contributed by atoms with Crippen LogP contribution in [0.5, 0.6) is 0 Å². The Bertz CT molecular complexity index is 623. The summed E-state index contributed by atoms with van der Waals surface area (Å²) in [7, 11) is 3.89. The Morgan fingerprint density at radius 3 is 2.80 bits per heavy atom. The quantitative estimate of drug-likeness (QED) is 0.854. The minimum Gasteiger partial charge on any atom is -0.389 e. The lowest BCUT2D eigenvalue weighted by atomic mass is 10.1. The lowest BCUT2D eigenvalue weighted by molar-refractivity contribution is 0.306. The zero-order valence-electron chi connectivity index (χ0n) is 11.5. The minimum absolute atomic E-state index is 0.283. The van der Waals surface area contributed by atoms with Crippen molar-refractivity contribution in [2.75, 3.05) is 7.05 Å². The summed E-state index contributed by atoms with van der Waals surface area (Å²) in [5.41, 5.74) is 7.18. The van der Waals surface area contributed by atoms with Gasteiger partial charge in [0.2, 0.25) is 0 Å². The van der Waals surface area contributed by atoms with Gasteiger partial charge in [0.1, 0.15) is 16.6 Å². The smallest absolute Gasteiger partial charge is 0.123 e. The van der Waals surface area contributed by atoms with Crippen molar-refractivity contribution in [1.29, 1.82) is 0 Å². The molecule has 2 N–H and O–H groups in total. The SMILES string of the molecule is CN(Cc1cc(F)ccc1C(N)=S)Cc1nccn1C. The fourth-order valence-electron chi connectivity index (χ4n) is 2.07. The number of hydrogen-bond acceptors (Lipinski definition) is 3. The van der Waals surface area contributed by atoms with Crippen LogP contribution in [0.25, 0.3) is 0 Å². The van der Waals surface area contributed by atoms with Gasteiger partial charge in [0.05, 0.1) is 6.54 Å². The molecule has 0 aliphatic carbocycles. The van der Waals surface area contributed by atoms with Crippen molar-refractivity contribution in [2.45, 2.75) is 13.1 Å². The van der Waals surface area contributed by atoms with Crippen molar-refractivity contribution in [1.82, 2.24) is 14.5 Å². The van der Waals surface area contributed by atoms with Gasteiger partial charge in [0.25, 0.3) is 0 Å². The number of hydrogen-bond donors (Lipinski definition) is 1. The van der Waals surface area contributed by atoms with E-state index in [-0.39, 0.29) is 10.8 Å². The van der Waals surface area contributed by atoms with Crippen LogP contribution in [0.2, 0.25) is 0 Å². The minimum atomic E-state index is -0.287. The fourth-order valence-corrected chi connectivity index (χ4v) is 2.27. The van der Waals surface area contributed by atoms with Crippen LogP contribution < -0.4 is 5.73 Å². The number of nitrogens with zero attached hydrogens (tertiary/aromatic N) is 3. The van der Waals surface area contributed by atoms with Crippen molar-refractivity contribution in [3.63, 3.8) is 0 Å². The normalized spacial score (nSPS) is 11.0. The molecule has 1 aromatic heterocycles. The van der Waals surface area contributed by atoms with Gasteiger partial charge in [-0.1, -0.05) is 12.2 Å². The first-order chi connectivity index (χ1) is 9.47. The maximum absolute atomic E-state index is 13.4. The van der Waals surface area contributed by atoms with Crippen molar-refractivity contribution < 1.29 is 4.39 Å². The first-order valence-electron chi connectivity index (χ1n) is 6.20. The second kappa shape index (κ2) is 6.11. The number of halogens is 1. The van der Waals surface area contributed by atoms with E-state index in [0.29, 0.717) is 18.7 Å². The zero-order valence-corrected chi connectivity index (χ0v) is 12.3. The molecule has 0 saturated heterocycles. The lowest BCUT2D eigenvalue weighted by Crippen LogP contribution is -2.22. The molecule has 0 radical (unpaired) electrons. The third kappa shape index (κ3) is 3.40. The van der Waals surface area contributed by atoms with Gasteiger partial charge in [-0.25, -0.2) is 9.37 Å². The average molecular weight is 292 g/mol. The third-order valence-corrected chi connectivity index (χ3v) is 3.33. The van der Waals surface area contributed by atoms with Gasteiger partial charge in [0.15, 0.2) is 0 Å². The van der Waals surface area contributed by atoms with Crippen LogP contribution >= 0.6 is 12.2 Å². The van der Waals surface area contributed by atoms with Crippen molar-refractivity contribution in [3.05, 3.63) is 53.4 Å². The molecule has 0 unspecified atom stereocenters. The van der Waals surface area contributed by atoms with E-state index in [4.69, 9.17) is 18.0 Å². The molecule has 106 valence electrons. The highest BCUT2D eigenvalue weighted by molar-refractivity contribution is 7.80. The predicted octanol–water partition coefficient (Wildman–Crippen LogP) is 1.83. The molecule has 4 nitrogen and oxygen atoms in total. The summed E-state index contributed by atoms with van der Waals surface area (Å²) in [5.74, 6) is 0.658. The summed E-state index contributed by atoms with van der Waals surface area (Å²) in [6, 6.07) is 4.47. The topological polar surface area (TPSA) is 47.1 Å². The molecule has 0 bridgehead atoms. The molecular weight excluding hydrogens is 275 g/mol. The summed E-state index contributed by atoms with van der Waals surface area (Å²) in [6.07, 6.45) is 3.65. The standard InChI is InChI=1S/C14H17FN4S/c1-18(9-13-17-5-6-19(13)2)8-10-7-11(15)3-4-12(10)14(16)20/h3-7H,8-9H2,1-2H3,(H2,16,20). The molecule has 0 saturated carbocycles. The van der Waals surface area contributed by atoms with Crippen LogP contribution in [0.4, 0.5) is 4.39 Å². The molecule has 20 heavy (non-hydrogen) atoms. The van der Waals surface area contributed by atoms with Crippen LogP contribution in [0, 0.1) is 5.82 Å². The highest BCUT2D eigenvalue weighted by atomic mass is 32.1. The van der Waals surface area contributed by atoms with Crippen LogP contribution in [0.1, 0.15) is 17.0 Å². The Kier molecular flexibility index (Phi) is 4.46. The number of rotatable bonds is 5. The summed E-state index contributed by atoms with van der Waals surface area (Å²) < 4.78 is 15.3. The first-order valence-corrected chi connectivity index (χ1v) is 6.61. The summed E-state index contributed by atoms with van der Waals surface area (Å²) in [6.45, 7) is 1.22. The van der Waals surface area contributed by atoms with E-state index in [1.807, 2.05) is 29.8 Å². The zero-order chi connectivity index (χ0) is 14.7. The van der Waals surface area contributed by atoms with E-state index < -0.39 is 0 Å². The molecule has 6 heteroatoms. The molecule has 0 atom stereocenters. The van der Waals surface area contributed by atoms with Gasteiger partial charge in [-0.2, -0.15) is 0 Å². The Morgan fingerprint density at radius 1 is 1.45 bits per heavy atom. The molecule has 1 heterocycles. The van der Waals surface area contributed by atoms with E-state index >= 15 is 0 Å². The Balaban J connectivity index is 2.15. The summed E-state index contributed by atoms with van der Waals surface area (Å²) in [4.78, 5) is 6.59. The molecular formula is C14H17FN4S. The van der Waals surface area contributed by atoms with Gasteiger partial charge in [-0.3, -0.25) is 4.90 Å². The van der Waals surface area contributed by atoms with Crippen molar-refractivity contribution in [3.8, 4) is 0 Å². The highest BCUT2D eigenvalue weighted by Crippen LogP contribution is 2.14. The predicted molar refractivity (Wildman–Crippen MR) is 80.7 cm³/mol. The van der Waals surface area contributed by atoms with E-state index in [0.717, 1.165) is 11.4 Å². The maximum atomic E-state index is 13.4. The number of aromatic nitrogens is 2.